The van der Waals surface area contributed by atoms with Gasteiger partial charge in [-0.3, -0.25) is 9.59 Å². The number of carbonyl (C=O) groups excluding carboxylic acids is 2. The number of carbonyl (C=O) groups is 2. The first-order valence-electron chi connectivity index (χ1n) is 6.19. The zero-order valence-corrected chi connectivity index (χ0v) is 11.3. The van der Waals surface area contributed by atoms with E-state index in [-0.39, 0.29) is 24.4 Å². The minimum Gasteiger partial charge on any atom is -0.482 e. The molecule has 1 aliphatic rings. The Kier molecular flexibility index (Phi) is 3.74. The van der Waals surface area contributed by atoms with Crippen LogP contribution < -0.4 is 9.64 Å². The summed E-state index contributed by atoms with van der Waals surface area (Å²) in [7, 11) is 3.08. The molecule has 0 N–H and O–H groups in total. The third-order valence-electron chi connectivity index (χ3n) is 3.37. The van der Waals surface area contributed by atoms with Crippen LogP contribution in [0.3, 0.4) is 0 Å². The molecular weight excluding hydrogens is 246 g/mol. The molecular formula is C14H17NO4. The molecule has 0 aromatic heterocycles. The van der Waals surface area contributed by atoms with Gasteiger partial charge in [0, 0.05) is 7.05 Å². The van der Waals surface area contributed by atoms with Gasteiger partial charge in [0.1, 0.15) is 5.75 Å². The Morgan fingerprint density at radius 3 is 2.89 bits per heavy atom. The Hall–Kier alpha value is -2.04. The average Bonchev–Trinajstić information content (AvgIpc) is 2.44. The van der Waals surface area contributed by atoms with Crippen molar-refractivity contribution in [1.29, 1.82) is 0 Å². The van der Waals surface area contributed by atoms with Gasteiger partial charge in [0.05, 0.1) is 18.7 Å². The molecule has 1 unspecified atom stereocenters. The first-order valence-corrected chi connectivity index (χ1v) is 6.19. The Balaban J connectivity index is 2.39. The van der Waals surface area contributed by atoms with Gasteiger partial charge < -0.3 is 14.4 Å². The van der Waals surface area contributed by atoms with Crippen LogP contribution >= 0.6 is 0 Å². The van der Waals surface area contributed by atoms with Crippen LogP contribution in [-0.2, 0) is 14.3 Å². The van der Waals surface area contributed by atoms with E-state index >= 15 is 0 Å². The number of methoxy groups -OCH3 is 1. The highest BCUT2D eigenvalue weighted by molar-refractivity contribution is 5.97. The van der Waals surface area contributed by atoms with E-state index in [9.17, 15) is 9.59 Å². The molecule has 5 heteroatoms. The number of hydrogen-bond donors (Lipinski definition) is 0. The summed E-state index contributed by atoms with van der Waals surface area (Å²) in [6, 6.07) is 5.45. The van der Waals surface area contributed by atoms with Gasteiger partial charge in [-0.25, -0.2) is 0 Å². The number of ether oxygens (including phenoxy) is 2. The second-order valence-electron chi connectivity index (χ2n) is 4.45. The summed E-state index contributed by atoms with van der Waals surface area (Å²) >= 11 is 0. The van der Waals surface area contributed by atoms with Crippen molar-refractivity contribution in [3.8, 4) is 5.75 Å². The molecule has 2 rings (SSSR count). The van der Waals surface area contributed by atoms with Gasteiger partial charge in [-0.15, -0.1) is 0 Å². The van der Waals surface area contributed by atoms with Crippen molar-refractivity contribution in [2.24, 2.45) is 0 Å². The molecule has 0 bridgehead atoms. The van der Waals surface area contributed by atoms with E-state index in [2.05, 4.69) is 0 Å². The maximum Gasteiger partial charge on any atom is 0.313 e. The summed E-state index contributed by atoms with van der Waals surface area (Å²) in [5, 5.41) is 0. The van der Waals surface area contributed by atoms with Gasteiger partial charge in [-0.2, -0.15) is 0 Å². The van der Waals surface area contributed by atoms with Gasteiger partial charge in [-0.1, -0.05) is 13.0 Å². The molecule has 19 heavy (non-hydrogen) atoms. The van der Waals surface area contributed by atoms with Crippen molar-refractivity contribution in [3.05, 3.63) is 23.8 Å². The Morgan fingerprint density at radius 2 is 2.26 bits per heavy atom. The van der Waals surface area contributed by atoms with Gasteiger partial charge in [0.15, 0.2) is 6.61 Å². The third kappa shape index (κ3) is 2.41. The highest BCUT2D eigenvalue weighted by Gasteiger charge is 2.25. The number of amides is 1. The van der Waals surface area contributed by atoms with Gasteiger partial charge in [0.25, 0.3) is 5.91 Å². The molecule has 1 atom stereocenters. The van der Waals surface area contributed by atoms with Crippen molar-refractivity contribution in [2.45, 2.75) is 19.3 Å². The van der Waals surface area contributed by atoms with Crippen LogP contribution in [0.2, 0.25) is 0 Å². The molecule has 1 aromatic rings. The largest absolute Gasteiger partial charge is 0.482 e. The first kappa shape index (κ1) is 13.4. The van der Waals surface area contributed by atoms with Crippen molar-refractivity contribution in [3.63, 3.8) is 0 Å². The van der Waals surface area contributed by atoms with Crippen LogP contribution in [0, 0.1) is 0 Å². The van der Waals surface area contributed by atoms with Crippen LogP contribution in [0.4, 0.5) is 5.69 Å². The highest BCUT2D eigenvalue weighted by Crippen LogP contribution is 2.35. The SMILES string of the molecule is CCC(C(=O)OC)c1ccc2c(c1)N(C)C(=O)CO2. The Labute approximate surface area is 112 Å². The quantitative estimate of drug-likeness (QED) is 0.779. The summed E-state index contributed by atoms with van der Waals surface area (Å²) in [4.78, 5) is 24.9. The number of likely N-dealkylation sites (N-methyl/N-ethyl adjacent to an activating group) is 1. The van der Waals surface area contributed by atoms with E-state index in [1.165, 1.54) is 7.11 Å². The van der Waals surface area contributed by atoms with E-state index in [1.54, 1.807) is 18.0 Å². The smallest absolute Gasteiger partial charge is 0.313 e. The van der Waals surface area contributed by atoms with E-state index in [0.29, 0.717) is 17.9 Å². The minimum atomic E-state index is -0.319. The van der Waals surface area contributed by atoms with Crippen LogP contribution in [0.25, 0.3) is 0 Å². The molecule has 0 saturated carbocycles. The number of fused-ring (bicyclic) bond motifs is 1. The molecule has 0 radical (unpaired) electrons. The Bertz CT molecular complexity index is 512. The van der Waals surface area contributed by atoms with E-state index in [1.807, 2.05) is 19.1 Å². The normalized spacial score (nSPS) is 15.5. The molecule has 0 aliphatic carbocycles. The van der Waals surface area contributed by atoms with Crippen LogP contribution in [-0.4, -0.2) is 32.6 Å². The summed E-state index contributed by atoms with van der Waals surface area (Å²) in [5.74, 6) is -0.0322. The van der Waals surface area contributed by atoms with Gasteiger partial charge in [-0.05, 0) is 24.1 Å². The van der Waals surface area contributed by atoms with Crippen molar-refractivity contribution >= 4 is 17.6 Å². The van der Waals surface area contributed by atoms with Gasteiger partial charge >= 0.3 is 5.97 Å². The predicted octanol–water partition coefficient (Wildman–Crippen LogP) is 1.71. The standard InChI is InChI=1S/C14H17NO4/c1-4-10(14(17)18-3)9-5-6-12-11(7-9)15(2)13(16)8-19-12/h5-7,10H,4,8H2,1-3H3. The fourth-order valence-electron chi connectivity index (χ4n) is 2.19. The molecule has 0 saturated heterocycles. The summed E-state index contributed by atoms with van der Waals surface area (Å²) < 4.78 is 10.2. The first-order chi connectivity index (χ1) is 9.08. The monoisotopic (exact) mass is 263 g/mol. The summed E-state index contributed by atoms with van der Waals surface area (Å²) in [6.07, 6.45) is 0.643. The number of anilines is 1. The number of hydrogen-bond acceptors (Lipinski definition) is 4. The molecule has 1 aromatic carbocycles. The third-order valence-corrected chi connectivity index (χ3v) is 3.37. The maximum atomic E-state index is 11.7. The summed E-state index contributed by atoms with van der Waals surface area (Å²) in [6.45, 7) is 1.98. The molecule has 0 spiro atoms. The lowest BCUT2D eigenvalue weighted by molar-refractivity contribution is -0.142. The van der Waals surface area contributed by atoms with Gasteiger partial charge in [0.2, 0.25) is 0 Å². The van der Waals surface area contributed by atoms with E-state index in [0.717, 1.165) is 5.56 Å². The minimum absolute atomic E-state index is 0.0526. The van der Waals surface area contributed by atoms with Crippen molar-refractivity contribution in [1.82, 2.24) is 0 Å². The van der Waals surface area contributed by atoms with Crippen molar-refractivity contribution in [2.75, 3.05) is 25.7 Å². The van der Waals surface area contributed by atoms with Crippen LogP contribution in [0.1, 0.15) is 24.8 Å². The maximum absolute atomic E-state index is 11.7. The average molecular weight is 263 g/mol. The number of benzene rings is 1. The lowest BCUT2D eigenvalue weighted by Crippen LogP contribution is -2.35. The summed E-state index contributed by atoms with van der Waals surface area (Å²) in [5.41, 5.74) is 1.52. The highest BCUT2D eigenvalue weighted by atomic mass is 16.5. The van der Waals surface area contributed by atoms with Crippen LogP contribution in [0.5, 0.6) is 5.75 Å². The molecule has 0 fully saturated rings. The fraction of sp³-hybridized carbons (Fsp3) is 0.429. The predicted molar refractivity (Wildman–Crippen MR) is 70.4 cm³/mol. The molecule has 1 aliphatic heterocycles. The second-order valence-corrected chi connectivity index (χ2v) is 4.45. The molecule has 1 heterocycles. The van der Waals surface area contributed by atoms with Crippen molar-refractivity contribution < 1.29 is 19.1 Å². The topological polar surface area (TPSA) is 55.8 Å². The zero-order valence-electron chi connectivity index (χ0n) is 11.3. The lowest BCUT2D eigenvalue weighted by atomic mass is 9.95. The zero-order chi connectivity index (χ0) is 14.0. The van der Waals surface area contributed by atoms with E-state index in [4.69, 9.17) is 9.47 Å². The molecule has 102 valence electrons. The van der Waals surface area contributed by atoms with Crippen LogP contribution in [0.15, 0.2) is 18.2 Å². The molecule has 5 nitrogen and oxygen atoms in total. The fourth-order valence-corrected chi connectivity index (χ4v) is 2.19. The number of nitrogens with zero attached hydrogens (tertiary/aromatic N) is 1. The lowest BCUT2D eigenvalue weighted by Gasteiger charge is -2.27. The van der Waals surface area contributed by atoms with E-state index < -0.39 is 0 Å². The second kappa shape index (κ2) is 5.30. The number of esters is 1. The Morgan fingerprint density at radius 1 is 1.53 bits per heavy atom. The number of rotatable bonds is 3. The molecule has 1 amide bonds.